The molecule has 0 radical (unpaired) electrons. The van der Waals surface area contributed by atoms with Crippen LogP contribution in [0.15, 0.2) is 40.7 Å². The molecule has 0 aliphatic rings. The molecule has 160 valence electrons. The predicted octanol–water partition coefficient (Wildman–Crippen LogP) is 5.30. The maximum atomic E-state index is 12.4. The van der Waals surface area contributed by atoms with Crippen LogP contribution >= 0.6 is 46.3 Å². The van der Waals surface area contributed by atoms with Crippen molar-refractivity contribution in [2.45, 2.75) is 29.5 Å². The number of thiazole rings is 1. The number of hydrogen-bond acceptors (Lipinski definition) is 6. The summed E-state index contributed by atoms with van der Waals surface area (Å²) in [4.78, 5) is 19.2. The number of nitrogens with zero attached hydrogens (tertiary/aromatic N) is 2. The molecule has 0 saturated heterocycles. The van der Waals surface area contributed by atoms with Crippen molar-refractivity contribution < 1.29 is 4.79 Å². The maximum Gasteiger partial charge on any atom is 0.233 e. The van der Waals surface area contributed by atoms with Crippen molar-refractivity contribution in [2.75, 3.05) is 25.9 Å². The number of nitrogens with one attached hydrogen (secondary N) is 1. The number of carbonyl (C=O) groups excluding carboxylic acids is 1. The average Bonchev–Trinajstić information content (AvgIpc) is 3.09. The fourth-order valence-electron chi connectivity index (χ4n) is 2.91. The quantitative estimate of drug-likeness (QED) is 0.245. The number of hydrogen-bond donors (Lipinski definition) is 2. The second kappa shape index (κ2) is 10.7. The van der Waals surface area contributed by atoms with E-state index >= 15 is 0 Å². The van der Waals surface area contributed by atoms with Crippen molar-refractivity contribution in [3.63, 3.8) is 0 Å². The Morgan fingerprint density at radius 2 is 2.07 bits per heavy atom. The van der Waals surface area contributed by atoms with E-state index in [1.165, 1.54) is 11.8 Å². The number of carbonyl (C=O) groups is 1. The number of anilines is 1. The highest BCUT2D eigenvalue weighted by molar-refractivity contribution is 8.02. The summed E-state index contributed by atoms with van der Waals surface area (Å²) in [7, 11) is 2.04. The minimum absolute atomic E-state index is 0.0194. The van der Waals surface area contributed by atoms with Gasteiger partial charge in [-0.2, -0.15) is 0 Å². The lowest BCUT2D eigenvalue weighted by Gasteiger charge is -2.17. The Morgan fingerprint density at radius 1 is 1.27 bits per heavy atom. The van der Waals surface area contributed by atoms with Crippen LogP contribution in [0.1, 0.15) is 18.9 Å². The Morgan fingerprint density at radius 3 is 2.83 bits per heavy atom. The number of fused-ring (bicyclic) bond motifs is 1. The Balaban J connectivity index is 1.39. The zero-order chi connectivity index (χ0) is 21.7. The van der Waals surface area contributed by atoms with Gasteiger partial charge in [0.2, 0.25) is 5.91 Å². The van der Waals surface area contributed by atoms with Crippen LogP contribution in [-0.2, 0) is 11.3 Å². The van der Waals surface area contributed by atoms with E-state index in [1.54, 1.807) is 11.3 Å². The predicted molar refractivity (Wildman–Crippen MR) is 130 cm³/mol. The summed E-state index contributed by atoms with van der Waals surface area (Å²) in [5, 5.41) is 3.93. The first-order chi connectivity index (χ1) is 14.3. The van der Waals surface area contributed by atoms with Gasteiger partial charge in [-0.3, -0.25) is 4.79 Å². The molecule has 3 N–H and O–H groups in total. The number of benzene rings is 2. The smallest absolute Gasteiger partial charge is 0.233 e. The van der Waals surface area contributed by atoms with Gasteiger partial charge in [0.15, 0.2) is 4.34 Å². The Kier molecular flexibility index (Phi) is 8.25. The van der Waals surface area contributed by atoms with Crippen LogP contribution in [-0.4, -0.2) is 41.2 Å². The molecule has 0 aliphatic heterocycles. The average molecular weight is 483 g/mol. The van der Waals surface area contributed by atoms with E-state index in [4.69, 9.17) is 28.9 Å². The summed E-state index contributed by atoms with van der Waals surface area (Å²) in [6.07, 6.45) is 0.862. The minimum atomic E-state index is -0.211. The van der Waals surface area contributed by atoms with Gasteiger partial charge in [0.05, 0.1) is 25.5 Å². The van der Waals surface area contributed by atoms with Gasteiger partial charge >= 0.3 is 0 Å². The van der Waals surface area contributed by atoms with Crippen LogP contribution in [0.4, 0.5) is 5.69 Å². The third-order valence-electron chi connectivity index (χ3n) is 4.49. The van der Waals surface area contributed by atoms with E-state index in [1.807, 2.05) is 50.4 Å². The topological polar surface area (TPSA) is 71.2 Å². The lowest BCUT2D eigenvalue weighted by atomic mass is 10.2. The van der Waals surface area contributed by atoms with E-state index < -0.39 is 0 Å². The van der Waals surface area contributed by atoms with Crippen LogP contribution in [0.2, 0.25) is 10.0 Å². The summed E-state index contributed by atoms with van der Waals surface area (Å²) in [5.74, 6) is 0.0194. The number of amides is 1. The molecule has 3 aromatic rings. The lowest BCUT2D eigenvalue weighted by Crippen LogP contribution is -2.33. The molecule has 3 rings (SSSR count). The number of thioether (sulfide) groups is 1. The first-order valence-corrected chi connectivity index (χ1v) is 12.0. The van der Waals surface area contributed by atoms with E-state index in [2.05, 4.69) is 15.2 Å². The van der Waals surface area contributed by atoms with Gasteiger partial charge in [0.25, 0.3) is 0 Å². The fourth-order valence-corrected chi connectivity index (χ4v) is 5.51. The van der Waals surface area contributed by atoms with Gasteiger partial charge < -0.3 is 16.0 Å². The first kappa shape index (κ1) is 23.2. The fraction of sp³-hybridized carbons (Fsp3) is 0.333. The molecule has 0 aliphatic carbocycles. The molecule has 5 nitrogen and oxygen atoms in total. The van der Waals surface area contributed by atoms with Crippen molar-refractivity contribution in [1.82, 2.24) is 15.2 Å². The second-order valence-corrected chi connectivity index (χ2v) is 10.5. The Labute approximate surface area is 194 Å². The number of nitrogens with two attached hydrogens (primary N) is 1. The van der Waals surface area contributed by atoms with Crippen LogP contribution < -0.4 is 11.1 Å². The molecule has 1 atom stereocenters. The molecule has 1 heterocycles. The Bertz CT molecular complexity index is 1030. The third kappa shape index (κ3) is 6.49. The molecule has 0 bridgehead atoms. The standard InChI is InChI=1S/C21H24Cl2N4OS2/c1-13(29-21-26-18-7-5-15(24)11-19(18)30-21)20(28)25-8-3-9-27(2)12-14-4-6-16(22)17(23)10-14/h4-7,10-11,13H,3,8-9,12,24H2,1-2H3,(H,25,28). The van der Waals surface area contributed by atoms with Crippen molar-refractivity contribution >= 4 is 68.1 Å². The molecule has 9 heteroatoms. The zero-order valence-electron chi connectivity index (χ0n) is 16.8. The van der Waals surface area contributed by atoms with E-state index in [-0.39, 0.29) is 11.2 Å². The molecule has 0 spiro atoms. The second-order valence-electron chi connectivity index (χ2n) is 7.10. The molecular formula is C21H24Cl2N4OS2. The lowest BCUT2D eigenvalue weighted by molar-refractivity contribution is -0.120. The summed E-state index contributed by atoms with van der Waals surface area (Å²) in [5.41, 5.74) is 8.56. The molecule has 0 saturated carbocycles. The minimum Gasteiger partial charge on any atom is -0.399 e. The molecule has 30 heavy (non-hydrogen) atoms. The monoisotopic (exact) mass is 482 g/mol. The van der Waals surface area contributed by atoms with Crippen molar-refractivity contribution in [3.8, 4) is 0 Å². The first-order valence-electron chi connectivity index (χ1n) is 9.54. The molecule has 1 amide bonds. The van der Waals surface area contributed by atoms with Gasteiger partial charge in [0.1, 0.15) is 0 Å². The van der Waals surface area contributed by atoms with E-state index in [0.29, 0.717) is 16.6 Å². The SMILES string of the molecule is CC(Sc1nc2ccc(N)cc2s1)C(=O)NCCCN(C)Cc1ccc(Cl)c(Cl)c1. The molecule has 1 aromatic heterocycles. The number of aromatic nitrogens is 1. The van der Waals surface area contributed by atoms with Gasteiger partial charge in [0, 0.05) is 18.8 Å². The third-order valence-corrected chi connectivity index (χ3v) is 7.44. The van der Waals surface area contributed by atoms with Gasteiger partial charge in [-0.25, -0.2) is 4.98 Å². The zero-order valence-corrected chi connectivity index (χ0v) is 20.0. The highest BCUT2D eigenvalue weighted by atomic mass is 35.5. The van der Waals surface area contributed by atoms with Gasteiger partial charge in [-0.05, 0) is 62.8 Å². The normalized spacial score (nSPS) is 12.4. The maximum absolute atomic E-state index is 12.4. The number of rotatable bonds is 9. The molecule has 2 aromatic carbocycles. The molecular weight excluding hydrogens is 459 g/mol. The Hall–Kier alpha value is -1.51. The summed E-state index contributed by atoms with van der Waals surface area (Å²) in [6.45, 7) is 4.17. The summed E-state index contributed by atoms with van der Waals surface area (Å²) < 4.78 is 1.91. The number of nitrogen functional groups attached to an aromatic ring is 1. The van der Waals surface area contributed by atoms with E-state index in [0.717, 1.165) is 45.3 Å². The molecule has 1 unspecified atom stereocenters. The van der Waals surface area contributed by atoms with Crippen LogP contribution in [0.5, 0.6) is 0 Å². The van der Waals surface area contributed by atoms with Gasteiger partial charge in [-0.1, -0.05) is 41.0 Å². The number of halogens is 2. The summed E-state index contributed by atoms with van der Waals surface area (Å²) >= 11 is 15.1. The van der Waals surface area contributed by atoms with Gasteiger partial charge in [-0.15, -0.1) is 11.3 Å². The summed E-state index contributed by atoms with van der Waals surface area (Å²) in [6, 6.07) is 11.3. The van der Waals surface area contributed by atoms with Crippen molar-refractivity contribution in [1.29, 1.82) is 0 Å². The van der Waals surface area contributed by atoms with Crippen molar-refractivity contribution in [2.24, 2.45) is 0 Å². The van der Waals surface area contributed by atoms with Crippen LogP contribution in [0.25, 0.3) is 10.2 Å². The largest absolute Gasteiger partial charge is 0.399 e. The van der Waals surface area contributed by atoms with Crippen molar-refractivity contribution in [3.05, 3.63) is 52.0 Å². The van der Waals surface area contributed by atoms with E-state index in [9.17, 15) is 4.79 Å². The van der Waals surface area contributed by atoms with Crippen LogP contribution in [0, 0.1) is 0 Å². The molecule has 0 fully saturated rings. The van der Waals surface area contributed by atoms with Crippen LogP contribution in [0.3, 0.4) is 0 Å². The highest BCUT2D eigenvalue weighted by Crippen LogP contribution is 2.33. The highest BCUT2D eigenvalue weighted by Gasteiger charge is 2.16.